The summed E-state index contributed by atoms with van der Waals surface area (Å²) in [5.41, 5.74) is 6.54. The smallest absolute Gasteiger partial charge is 0.228 e. The highest BCUT2D eigenvalue weighted by molar-refractivity contribution is 5.99. The normalized spacial score (nSPS) is 19.6. The molecule has 0 unspecified atom stereocenters. The molecule has 3 nitrogen and oxygen atoms in total. The second kappa shape index (κ2) is 5.82. The van der Waals surface area contributed by atoms with Crippen molar-refractivity contribution in [3.05, 3.63) is 64.7 Å². The average Bonchev–Trinajstić information content (AvgIpc) is 2.94. The van der Waals surface area contributed by atoms with Gasteiger partial charge in [-0.15, -0.1) is 0 Å². The maximum atomic E-state index is 11.6. The van der Waals surface area contributed by atoms with Crippen LogP contribution >= 0.6 is 0 Å². The van der Waals surface area contributed by atoms with Crippen LogP contribution < -0.4 is 10.2 Å². The molecular formula is C20H22N2O. The molecule has 2 aliphatic rings. The van der Waals surface area contributed by atoms with Gasteiger partial charge in [0.1, 0.15) is 0 Å². The summed E-state index contributed by atoms with van der Waals surface area (Å²) in [6.45, 7) is 3.85. The number of anilines is 1. The van der Waals surface area contributed by atoms with Crippen LogP contribution in [0.5, 0.6) is 0 Å². The molecule has 1 amide bonds. The van der Waals surface area contributed by atoms with Crippen LogP contribution in [0.4, 0.5) is 5.69 Å². The fourth-order valence-electron chi connectivity index (χ4n) is 3.60. The molecule has 0 spiro atoms. The van der Waals surface area contributed by atoms with Crippen LogP contribution in [-0.4, -0.2) is 12.5 Å². The Bertz CT molecular complexity index is 753. The van der Waals surface area contributed by atoms with Gasteiger partial charge in [-0.05, 0) is 48.6 Å². The lowest BCUT2D eigenvalue weighted by Crippen LogP contribution is -2.43. The number of carbonyl (C=O) groups is 1. The number of nitrogens with one attached hydrogen (secondary N) is 1. The van der Waals surface area contributed by atoms with Crippen molar-refractivity contribution in [1.29, 1.82) is 0 Å². The molecule has 1 aliphatic heterocycles. The molecule has 3 heteroatoms. The Morgan fingerprint density at radius 1 is 1.17 bits per heavy atom. The van der Waals surface area contributed by atoms with Crippen LogP contribution in [0, 0.1) is 6.92 Å². The Balaban J connectivity index is 1.45. The maximum Gasteiger partial charge on any atom is 0.228 e. The van der Waals surface area contributed by atoms with Crippen molar-refractivity contribution in [1.82, 2.24) is 5.32 Å². The SMILES string of the molecule is Cc1ccc2c(c1)[C@@H](NCc1cccc(N3CCC3=O)c1)CC2. The highest BCUT2D eigenvalue weighted by Gasteiger charge is 2.25. The van der Waals surface area contributed by atoms with Gasteiger partial charge in [-0.2, -0.15) is 0 Å². The first kappa shape index (κ1) is 14.5. The molecule has 0 saturated carbocycles. The molecule has 2 aromatic carbocycles. The summed E-state index contributed by atoms with van der Waals surface area (Å²) in [5.74, 6) is 0.232. The molecule has 1 aliphatic carbocycles. The van der Waals surface area contributed by atoms with Gasteiger partial charge in [-0.25, -0.2) is 0 Å². The Kier molecular flexibility index (Phi) is 3.66. The number of amides is 1. The first-order valence-electron chi connectivity index (χ1n) is 8.43. The highest BCUT2D eigenvalue weighted by atomic mass is 16.2. The van der Waals surface area contributed by atoms with Gasteiger partial charge in [0, 0.05) is 31.2 Å². The van der Waals surface area contributed by atoms with Crippen LogP contribution in [0.2, 0.25) is 0 Å². The van der Waals surface area contributed by atoms with E-state index in [1.165, 1.54) is 28.7 Å². The van der Waals surface area contributed by atoms with E-state index >= 15 is 0 Å². The first-order chi connectivity index (χ1) is 11.2. The summed E-state index contributed by atoms with van der Waals surface area (Å²) >= 11 is 0. The van der Waals surface area contributed by atoms with E-state index in [4.69, 9.17) is 0 Å². The minimum absolute atomic E-state index is 0.232. The molecule has 0 aromatic heterocycles. The number of β-lactam (4-membered cyclic amide) rings is 1. The molecule has 2 aromatic rings. The third kappa shape index (κ3) is 2.77. The highest BCUT2D eigenvalue weighted by Crippen LogP contribution is 2.32. The molecule has 118 valence electrons. The Morgan fingerprint density at radius 3 is 2.87 bits per heavy atom. The lowest BCUT2D eigenvalue weighted by molar-refractivity contribution is -0.122. The van der Waals surface area contributed by atoms with Crippen LogP contribution in [0.15, 0.2) is 42.5 Å². The molecular weight excluding hydrogens is 284 g/mol. The molecule has 1 heterocycles. The van der Waals surface area contributed by atoms with Gasteiger partial charge in [-0.1, -0.05) is 35.9 Å². The zero-order valence-corrected chi connectivity index (χ0v) is 13.5. The third-order valence-corrected chi connectivity index (χ3v) is 5.00. The van der Waals surface area contributed by atoms with Gasteiger partial charge in [0.05, 0.1) is 0 Å². The van der Waals surface area contributed by atoms with Crippen LogP contribution in [-0.2, 0) is 17.8 Å². The number of rotatable bonds is 4. The van der Waals surface area contributed by atoms with Gasteiger partial charge in [-0.3, -0.25) is 4.79 Å². The molecule has 0 radical (unpaired) electrons. The zero-order chi connectivity index (χ0) is 15.8. The summed E-state index contributed by atoms with van der Waals surface area (Å²) in [4.78, 5) is 13.4. The van der Waals surface area contributed by atoms with Crippen LogP contribution in [0.1, 0.15) is 41.1 Å². The van der Waals surface area contributed by atoms with E-state index < -0.39 is 0 Å². The summed E-state index contributed by atoms with van der Waals surface area (Å²) in [6.07, 6.45) is 3.01. The number of fused-ring (bicyclic) bond motifs is 1. The van der Waals surface area contributed by atoms with E-state index in [0.29, 0.717) is 12.5 Å². The third-order valence-electron chi connectivity index (χ3n) is 5.00. The van der Waals surface area contributed by atoms with E-state index in [2.05, 4.69) is 42.6 Å². The fraction of sp³-hybridized carbons (Fsp3) is 0.350. The minimum atomic E-state index is 0.232. The van der Waals surface area contributed by atoms with E-state index in [1.807, 2.05) is 17.0 Å². The van der Waals surface area contributed by atoms with Crippen molar-refractivity contribution in [2.24, 2.45) is 0 Å². The number of hydrogen-bond donors (Lipinski definition) is 1. The molecule has 1 atom stereocenters. The van der Waals surface area contributed by atoms with Crippen LogP contribution in [0.3, 0.4) is 0 Å². The van der Waals surface area contributed by atoms with Gasteiger partial charge in [0.2, 0.25) is 5.91 Å². The second-order valence-corrected chi connectivity index (χ2v) is 6.64. The fourth-order valence-corrected chi connectivity index (χ4v) is 3.60. The first-order valence-corrected chi connectivity index (χ1v) is 8.43. The van der Waals surface area contributed by atoms with Crippen molar-refractivity contribution in [3.63, 3.8) is 0 Å². The topological polar surface area (TPSA) is 32.3 Å². The van der Waals surface area contributed by atoms with E-state index in [9.17, 15) is 4.79 Å². The predicted octanol–water partition coefficient (Wildman–Crippen LogP) is 3.51. The Hall–Kier alpha value is -2.13. The lowest BCUT2D eigenvalue weighted by Gasteiger charge is -2.31. The van der Waals surface area contributed by atoms with E-state index in [-0.39, 0.29) is 5.91 Å². The summed E-state index contributed by atoms with van der Waals surface area (Å²) in [6, 6.07) is 15.6. The largest absolute Gasteiger partial charge is 0.312 e. The molecule has 23 heavy (non-hydrogen) atoms. The van der Waals surface area contributed by atoms with Gasteiger partial charge in [0.25, 0.3) is 0 Å². The standard InChI is InChI=1S/C20H22N2O/c1-14-5-6-16-7-8-19(18(16)11-14)21-13-15-3-2-4-17(12-15)22-10-9-20(22)23/h2-6,11-12,19,21H,7-10,13H2,1H3/t19-/m0/s1. The molecule has 4 rings (SSSR count). The van der Waals surface area contributed by atoms with Gasteiger partial charge < -0.3 is 10.2 Å². The van der Waals surface area contributed by atoms with Crippen molar-refractivity contribution < 1.29 is 4.79 Å². The number of carbonyl (C=O) groups excluding carboxylic acids is 1. The molecule has 0 bridgehead atoms. The summed E-state index contributed by atoms with van der Waals surface area (Å²) in [5, 5.41) is 3.69. The summed E-state index contributed by atoms with van der Waals surface area (Å²) in [7, 11) is 0. The van der Waals surface area contributed by atoms with Crippen molar-refractivity contribution in [2.75, 3.05) is 11.4 Å². The number of benzene rings is 2. The van der Waals surface area contributed by atoms with Crippen molar-refractivity contribution in [2.45, 2.75) is 38.8 Å². The van der Waals surface area contributed by atoms with E-state index in [0.717, 1.165) is 25.2 Å². The predicted molar refractivity (Wildman–Crippen MR) is 92.5 cm³/mol. The molecule has 1 fully saturated rings. The van der Waals surface area contributed by atoms with Crippen molar-refractivity contribution in [3.8, 4) is 0 Å². The van der Waals surface area contributed by atoms with Gasteiger partial charge in [0.15, 0.2) is 0 Å². The molecule has 1 saturated heterocycles. The number of aryl methyl sites for hydroxylation is 2. The average molecular weight is 306 g/mol. The van der Waals surface area contributed by atoms with Crippen molar-refractivity contribution >= 4 is 11.6 Å². The number of nitrogens with zero attached hydrogens (tertiary/aromatic N) is 1. The van der Waals surface area contributed by atoms with E-state index in [1.54, 1.807) is 0 Å². The number of hydrogen-bond acceptors (Lipinski definition) is 2. The van der Waals surface area contributed by atoms with Gasteiger partial charge >= 0.3 is 0 Å². The second-order valence-electron chi connectivity index (χ2n) is 6.64. The minimum Gasteiger partial charge on any atom is -0.312 e. The molecule has 1 N–H and O–H groups in total. The summed E-state index contributed by atoms with van der Waals surface area (Å²) < 4.78 is 0. The zero-order valence-electron chi connectivity index (χ0n) is 13.5. The Morgan fingerprint density at radius 2 is 2.09 bits per heavy atom. The Labute approximate surface area is 137 Å². The quantitative estimate of drug-likeness (QED) is 0.877. The van der Waals surface area contributed by atoms with Crippen LogP contribution in [0.25, 0.3) is 0 Å². The monoisotopic (exact) mass is 306 g/mol. The lowest BCUT2D eigenvalue weighted by atomic mass is 10.0. The maximum absolute atomic E-state index is 11.6.